The fourth-order valence-electron chi connectivity index (χ4n) is 2.82. The third-order valence-electron chi connectivity index (χ3n) is 6.27. The van der Waals surface area contributed by atoms with Gasteiger partial charge in [-0.25, -0.2) is 0 Å². The minimum absolute atomic E-state index is 0. The van der Waals surface area contributed by atoms with Crippen LogP contribution in [0.3, 0.4) is 0 Å². The van der Waals surface area contributed by atoms with E-state index in [-0.39, 0.29) is 42.1 Å². The fraction of sp³-hybridized carbons (Fsp3) is 0.900. The number of carbonyl (C=O) groups excluding carboxylic acids is 2. The molecule has 0 N–H and O–H groups in total. The zero-order valence-corrected chi connectivity index (χ0v) is 21.5. The summed E-state index contributed by atoms with van der Waals surface area (Å²) in [5, 5.41) is 22.0. The molecule has 4 nitrogen and oxygen atoms in total. The van der Waals surface area contributed by atoms with Crippen molar-refractivity contribution in [2.75, 3.05) is 0 Å². The van der Waals surface area contributed by atoms with Gasteiger partial charge >= 0.3 is 19.5 Å². The number of carboxylic acid groups (broad SMARTS) is 2. The molecule has 0 aliphatic heterocycles. The minimum Gasteiger partial charge on any atom is -0.550 e. The summed E-state index contributed by atoms with van der Waals surface area (Å²) in [5.41, 5.74) is -2.04. The maximum atomic E-state index is 11.0. The number of hydrogen-bond acceptors (Lipinski definition) is 4. The average Bonchev–Trinajstić information content (AvgIpc) is 2.33. The maximum Gasteiger partial charge on any atom is 2.00 e. The molecule has 0 spiro atoms. The van der Waals surface area contributed by atoms with Crippen LogP contribution in [0.25, 0.3) is 0 Å². The first-order valence-electron chi connectivity index (χ1n) is 8.70. The van der Waals surface area contributed by atoms with Gasteiger partial charge in [0, 0.05) is 22.8 Å². The predicted molar refractivity (Wildman–Crippen MR) is 94.8 cm³/mol. The normalized spacial score (nSPS) is 16.9. The summed E-state index contributed by atoms with van der Waals surface area (Å²) in [6.07, 6.45) is 0. The van der Waals surface area contributed by atoms with E-state index < -0.39 is 22.8 Å². The van der Waals surface area contributed by atoms with Crippen LogP contribution in [-0.4, -0.2) is 11.9 Å². The summed E-state index contributed by atoms with van der Waals surface area (Å²) >= 11 is 0. The van der Waals surface area contributed by atoms with Crippen molar-refractivity contribution < 1.29 is 39.3 Å². The van der Waals surface area contributed by atoms with Crippen LogP contribution in [0.15, 0.2) is 0 Å². The first-order chi connectivity index (χ1) is 10.3. The quantitative estimate of drug-likeness (QED) is 0.671. The molecular formula is C20H38O4Zn. The molecule has 2 atom stereocenters. The second-order valence-electron chi connectivity index (χ2n) is 9.79. The molecule has 0 amide bonds. The molecule has 2 unspecified atom stereocenters. The fourth-order valence-corrected chi connectivity index (χ4v) is 2.82. The Labute approximate surface area is 167 Å². The van der Waals surface area contributed by atoms with E-state index in [1.165, 1.54) is 0 Å². The second kappa shape index (κ2) is 9.49. The van der Waals surface area contributed by atoms with Crippen LogP contribution in [-0.2, 0) is 29.1 Å². The number of hydrogen-bond donors (Lipinski definition) is 0. The van der Waals surface area contributed by atoms with Gasteiger partial charge in [-0.15, -0.1) is 0 Å². The maximum absolute atomic E-state index is 11.0. The van der Waals surface area contributed by atoms with Gasteiger partial charge in [-0.05, 0) is 22.7 Å². The van der Waals surface area contributed by atoms with Crippen LogP contribution in [0.1, 0.15) is 83.1 Å². The summed E-state index contributed by atoms with van der Waals surface area (Å²) in [6.45, 7) is 22.8. The number of aliphatic carboxylic acids is 2. The number of carboxylic acids is 2. The van der Waals surface area contributed by atoms with Gasteiger partial charge in [-0.2, -0.15) is 0 Å². The molecule has 144 valence electrons. The topological polar surface area (TPSA) is 80.3 Å². The Balaban J connectivity index is -0.000000372. The Bertz CT molecular complexity index is 402. The molecule has 0 aromatic carbocycles. The van der Waals surface area contributed by atoms with Gasteiger partial charge in [0.15, 0.2) is 0 Å². The molecule has 0 saturated heterocycles. The van der Waals surface area contributed by atoms with E-state index >= 15 is 0 Å². The molecule has 0 aliphatic rings. The van der Waals surface area contributed by atoms with Crippen molar-refractivity contribution in [1.82, 2.24) is 0 Å². The molecule has 0 aliphatic carbocycles. The molecule has 0 rings (SSSR count). The summed E-state index contributed by atoms with van der Waals surface area (Å²) in [4.78, 5) is 22.0. The van der Waals surface area contributed by atoms with Crippen LogP contribution in [0.2, 0.25) is 0 Å². The van der Waals surface area contributed by atoms with Gasteiger partial charge in [0.25, 0.3) is 0 Å². The Kier molecular flexibility index (Phi) is 11.1. The predicted octanol–water partition coefficient (Wildman–Crippen LogP) is 2.89. The van der Waals surface area contributed by atoms with E-state index in [0.717, 1.165) is 0 Å². The van der Waals surface area contributed by atoms with Crippen LogP contribution in [0, 0.1) is 33.5 Å². The van der Waals surface area contributed by atoms with E-state index in [9.17, 15) is 19.8 Å². The van der Waals surface area contributed by atoms with E-state index in [1.54, 1.807) is 13.8 Å². The zero-order valence-electron chi connectivity index (χ0n) is 18.5. The Morgan fingerprint density at radius 1 is 0.600 bits per heavy atom. The Hall–Kier alpha value is -0.437. The zero-order chi connectivity index (χ0) is 20.3. The molecule has 0 aromatic heterocycles. The first kappa shape index (κ1) is 29.3. The van der Waals surface area contributed by atoms with E-state index in [2.05, 4.69) is 0 Å². The van der Waals surface area contributed by atoms with Crippen LogP contribution >= 0.6 is 0 Å². The smallest absolute Gasteiger partial charge is 0.550 e. The third kappa shape index (κ3) is 6.34. The van der Waals surface area contributed by atoms with Crippen molar-refractivity contribution in [1.29, 1.82) is 0 Å². The van der Waals surface area contributed by atoms with Gasteiger partial charge < -0.3 is 19.8 Å². The largest absolute Gasteiger partial charge is 2.00 e. The average molecular weight is 408 g/mol. The number of rotatable bonds is 4. The second-order valence-corrected chi connectivity index (χ2v) is 9.79. The van der Waals surface area contributed by atoms with E-state index in [1.807, 2.05) is 69.2 Å². The van der Waals surface area contributed by atoms with Gasteiger partial charge in [-0.1, -0.05) is 83.1 Å². The number of carbonyl (C=O) groups is 2. The van der Waals surface area contributed by atoms with Crippen LogP contribution in [0.5, 0.6) is 0 Å². The van der Waals surface area contributed by atoms with Gasteiger partial charge in [0.2, 0.25) is 0 Å². The molecule has 0 aromatic rings. The third-order valence-corrected chi connectivity index (χ3v) is 6.27. The standard InChI is InChI=1S/2C10H20O2.Zn/c2*1-7(2)10(6,8(11)12)9(3,4)5;/h2*7H,1-6H3,(H,11,12);/q;;+2/p-2. The summed E-state index contributed by atoms with van der Waals surface area (Å²) in [7, 11) is 0. The summed E-state index contributed by atoms with van der Waals surface area (Å²) < 4.78 is 0. The minimum atomic E-state index is -0.954. The molecule has 0 bridgehead atoms. The molecule has 0 heterocycles. The first-order valence-corrected chi connectivity index (χ1v) is 8.70. The van der Waals surface area contributed by atoms with Crippen molar-refractivity contribution in [2.24, 2.45) is 33.5 Å². The molecule has 0 fully saturated rings. The van der Waals surface area contributed by atoms with Crippen molar-refractivity contribution >= 4 is 11.9 Å². The Morgan fingerprint density at radius 2 is 0.760 bits per heavy atom. The van der Waals surface area contributed by atoms with Crippen molar-refractivity contribution in [2.45, 2.75) is 83.1 Å². The van der Waals surface area contributed by atoms with E-state index in [0.29, 0.717) is 0 Å². The van der Waals surface area contributed by atoms with Crippen molar-refractivity contribution in [3.05, 3.63) is 0 Å². The monoisotopic (exact) mass is 406 g/mol. The molecular weight excluding hydrogens is 370 g/mol. The van der Waals surface area contributed by atoms with Crippen LogP contribution < -0.4 is 10.2 Å². The van der Waals surface area contributed by atoms with Gasteiger partial charge in [0.1, 0.15) is 0 Å². The summed E-state index contributed by atoms with van der Waals surface area (Å²) in [5.74, 6) is -1.74. The van der Waals surface area contributed by atoms with Crippen LogP contribution in [0.4, 0.5) is 0 Å². The summed E-state index contributed by atoms with van der Waals surface area (Å²) in [6, 6.07) is 0. The molecule has 25 heavy (non-hydrogen) atoms. The van der Waals surface area contributed by atoms with Gasteiger partial charge in [-0.3, -0.25) is 0 Å². The van der Waals surface area contributed by atoms with Gasteiger partial charge in [0.05, 0.1) is 0 Å². The van der Waals surface area contributed by atoms with E-state index in [4.69, 9.17) is 0 Å². The van der Waals surface area contributed by atoms with Crippen molar-refractivity contribution in [3.8, 4) is 0 Å². The SMILES string of the molecule is CC(C)C(C)(C(=O)[O-])C(C)(C)C.CC(C)C(C)(C(=O)[O-])C(C)(C)C.[Zn+2]. The molecule has 0 radical (unpaired) electrons. The molecule has 5 heteroatoms. The Morgan fingerprint density at radius 3 is 0.760 bits per heavy atom. The van der Waals surface area contributed by atoms with Crippen molar-refractivity contribution in [3.63, 3.8) is 0 Å². The molecule has 0 saturated carbocycles.